The van der Waals surface area contributed by atoms with Crippen molar-refractivity contribution in [2.45, 2.75) is 50.6 Å². The Hall–Kier alpha value is -1.35. The van der Waals surface area contributed by atoms with Gasteiger partial charge in [-0.2, -0.15) is 0 Å². The minimum atomic E-state index is 0.168. The summed E-state index contributed by atoms with van der Waals surface area (Å²) in [6.45, 7) is 3.09. The van der Waals surface area contributed by atoms with E-state index in [1.807, 2.05) is 6.07 Å². The highest BCUT2D eigenvalue weighted by molar-refractivity contribution is 5.80. The molecule has 108 valence electrons. The van der Waals surface area contributed by atoms with Gasteiger partial charge >= 0.3 is 0 Å². The fourth-order valence-electron chi connectivity index (χ4n) is 3.87. The highest BCUT2D eigenvalue weighted by Gasteiger charge is 2.39. The lowest BCUT2D eigenvalue weighted by atomic mass is 9.92. The predicted octanol–water partition coefficient (Wildman–Crippen LogP) is 2.52. The molecule has 1 amide bonds. The fourth-order valence-corrected chi connectivity index (χ4v) is 3.87. The zero-order valence-corrected chi connectivity index (χ0v) is 12.2. The van der Waals surface area contributed by atoms with Crippen LogP contribution in [-0.4, -0.2) is 29.4 Å². The molecule has 3 heteroatoms. The molecule has 0 aromatic heterocycles. The number of hydrogen-bond acceptors (Lipinski definition) is 2. The molecular formula is C17H24N2O. The zero-order chi connectivity index (χ0) is 14.1. The Balaban J connectivity index is 1.69. The number of carbonyl (C=O) groups excluding carboxylic acids is 1. The molecule has 1 aromatic carbocycles. The van der Waals surface area contributed by atoms with Crippen LogP contribution in [0.15, 0.2) is 30.3 Å². The third-order valence-corrected chi connectivity index (χ3v) is 5.09. The number of hydrogen-bond donors (Lipinski definition) is 1. The molecule has 1 aliphatic carbocycles. The molecule has 1 heterocycles. The van der Waals surface area contributed by atoms with Crippen molar-refractivity contribution >= 4 is 5.91 Å². The summed E-state index contributed by atoms with van der Waals surface area (Å²) in [5.41, 5.74) is 7.30. The van der Waals surface area contributed by atoms with Crippen molar-refractivity contribution in [2.24, 2.45) is 11.7 Å². The molecule has 2 aliphatic rings. The lowest BCUT2D eigenvalue weighted by Crippen LogP contribution is -2.39. The second kappa shape index (κ2) is 5.57. The first-order valence-electron chi connectivity index (χ1n) is 7.78. The van der Waals surface area contributed by atoms with Crippen LogP contribution in [0.5, 0.6) is 0 Å². The molecule has 0 bridgehead atoms. The average molecular weight is 272 g/mol. The van der Waals surface area contributed by atoms with E-state index in [4.69, 9.17) is 5.73 Å². The number of rotatable bonds is 2. The first-order valence-corrected chi connectivity index (χ1v) is 7.78. The van der Waals surface area contributed by atoms with Crippen LogP contribution >= 0.6 is 0 Å². The Morgan fingerprint density at radius 3 is 2.60 bits per heavy atom. The Morgan fingerprint density at radius 2 is 1.95 bits per heavy atom. The van der Waals surface area contributed by atoms with Crippen molar-refractivity contribution in [2.75, 3.05) is 6.54 Å². The summed E-state index contributed by atoms with van der Waals surface area (Å²) in [4.78, 5) is 14.7. The van der Waals surface area contributed by atoms with E-state index < -0.39 is 0 Å². The summed E-state index contributed by atoms with van der Waals surface area (Å²) >= 11 is 0. The second-order valence-corrected chi connectivity index (χ2v) is 6.35. The number of amides is 1. The Labute approximate surface area is 121 Å². The number of benzene rings is 1. The first-order chi connectivity index (χ1) is 9.66. The topological polar surface area (TPSA) is 46.3 Å². The second-order valence-electron chi connectivity index (χ2n) is 6.35. The smallest absolute Gasteiger partial charge is 0.226 e. The minimum absolute atomic E-state index is 0.168. The monoisotopic (exact) mass is 272 g/mol. The third-order valence-electron chi connectivity index (χ3n) is 5.09. The highest BCUT2D eigenvalue weighted by atomic mass is 16.2. The molecule has 0 unspecified atom stereocenters. The lowest BCUT2D eigenvalue weighted by molar-refractivity contribution is -0.136. The molecule has 1 aliphatic heterocycles. The van der Waals surface area contributed by atoms with Crippen LogP contribution in [0.3, 0.4) is 0 Å². The van der Waals surface area contributed by atoms with Gasteiger partial charge in [0.15, 0.2) is 0 Å². The maximum absolute atomic E-state index is 12.7. The Bertz CT molecular complexity index is 473. The minimum Gasteiger partial charge on any atom is -0.339 e. The summed E-state index contributed by atoms with van der Waals surface area (Å²) in [6.07, 6.45) is 3.92. The zero-order valence-electron chi connectivity index (χ0n) is 12.2. The van der Waals surface area contributed by atoms with Crippen molar-refractivity contribution in [1.29, 1.82) is 0 Å². The van der Waals surface area contributed by atoms with Gasteiger partial charge in [0.1, 0.15) is 0 Å². The van der Waals surface area contributed by atoms with E-state index in [1.54, 1.807) is 0 Å². The molecule has 0 spiro atoms. The van der Waals surface area contributed by atoms with Crippen LogP contribution in [0.4, 0.5) is 0 Å². The maximum atomic E-state index is 12.7. The molecule has 2 fully saturated rings. The van der Waals surface area contributed by atoms with Gasteiger partial charge in [-0.1, -0.05) is 30.3 Å². The van der Waals surface area contributed by atoms with Gasteiger partial charge in [0.2, 0.25) is 5.91 Å². The van der Waals surface area contributed by atoms with Crippen LogP contribution in [-0.2, 0) is 4.79 Å². The number of likely N-dealkylation sites (tertiary alicyclic amines) is 1. The molecule has 20 heavy (non-hydrogen) atoms. The molecule has 1 saturated heterocycles. The summed E-state index contributed by atoms with van der Waals surface area (Å²) in [5.74, 6) is 0.987. The highest BCUT2D eigenvalue weighted by Crippen LogP contribution is 2.36. The molecule has 3 nitrogen and oxygen atoms in total. The van der Waals surface area contributed by atoms with Crippen molar-refractivity contribution in [1.82, 2.24) is 4.90 Å². The van der Waals surface area contributed by atoms with E-state index >= 15 is 0 Å². The molecule has 1 saturated carbocycles. The SMILES string of the molecule is C[C@@H]1[C@H](c2ccccc2)CCN1C(=O)[C@@H]1CC[C@H](N)C1. The Kier molecular flexibility index (Phi) is 3.79. The number of nitrogens with zero attached hydrogens (tertiary/aromatic N) is 1. The molecule has 3 rings (SSSR count). The van der Waals surface area contributed by atoms with Gasteiger partial charge in [-0.05, 0) is 38.2 Å². The van der Waals surface area contributed by atoms with Crippen molar-refractivity contribution in [3.05, 3.63) is 35.9 Å². The number of carbonyl (C=O) groups is 1. The molecule has 2 N–H and O–H groups in total. The summed E-state index contributed by atoms with van der Waals surface area (Å²) in [5, 5.41) is 0. The van der Waals surface area contributed by atoms with Crippen molar-refractivity contribution < 1.29 is 4.79 Å². The summed E-state index contributed by atoms with van der Waals surface area (Å²) in [7, 11) is 0. The van der Waals surface area contributed by atoms with Gasteiger partial charge in [-0.15, -0.1) is 0 Å². The van der Waals surface area contributed by atoms with Crippen LogP contribution in [0.1, 0.15) is 44.1 Å². The lowest BCUT2D eigenvalue weighted by Gasteiger charge is -2.27. The quantitative estimate of drug-likeness (QED) is 0.899. The standard InChI is InChI=1S/C17H24N2O/c1-12-16(13-5-3-2-4-6-13)9-10-19(12)17(20)14-7-8-15(18)11-14/h2-6,12,14-16H,7-11,18H2,1H3/t12-,14-,15+,16-/m1/s1. The van der Waals surface area contributed by atoms with E-state index in [1.165, 1.54) is 5.56 Å². The van der Waals surface area contributed by atoms with Crippen molar-refractivity contribution in [3.63, 3.8) is 0 Å². The average Bonchev–Trinajstić information content (AvgIpc) is 3.05. The van der Waals surface area contributed by atoms with E-state index in [2.05, 4.69) is 36.1 Å². The van der Waals surface area contributed by atoms with E-state index in [0.717, 1.165) is 32.2 Å². The first kappa shape index (κ1) is 13.6. The number of nitrogens with two attached hydrogens (primary N) is 1. The van der Waals surface area contributed by atoms with Crippen LogP contribution in [0.2, 0.25) is 0 Å². The van der Waals surface area contributed by atoms with Crippen LogP contribution < -0.4 is 5.73 Å². The van der Waals surface area contributed by atoms with Crippen LogP contribution in [0, 0.1) is 5.92 Å². The van der Waals surface area contributed by atoms with Crippen LogP contribution in [0.25, 0.3) is 0 Å². The molecule has 4 atom stereocenters. The molecular weight excluding hydrogens is 248 g/mol. The van der Waals surface area contributed by atoms with Crippen molar-refractivity contribution in [3.8, 4) is 0 Å². The van der Waals surface area contributed by atoms with Gasteiger partial charge in [0.25, 0.3) is 0 Å². The van der Waals surface area contributed by atoms with Gasteiger partial charge in [0, 0.05) is 30.5 Å². The fraction of sp³-hybridized carbons (Fsp3) is 0.588. The van der Waals surface area contributed by atoms with E-state index in [0.29, 0.717) is 17.9 Å². The predicted molar refractivity (Wildman–Crippen MR) is 80.3 cm³/mol. The summed E-state index contributed by atoms with van der Waals surface area (Å²) < 4.78 is 0. The third kappa shape index (κ3) is 2.47. The molecule has 1 aromatic rings. The van der Waals surface area contributed by atoms with Gasteiger partial charge in [-0.25, -0.2) is 0 Å². The van der Waals surface area contributed by atoms with E-state index in [9.17, 15) is 4.79 Å². The maximum Gasteiger partial charge on any atom is 0.226 e. The van der Waals surface area contributed by atoms with Gasteiger partial charge < -0.3 is 10.6 Å². The summed E-state index contributed by atoms with van der Waals surface area (Å²) in [6, 6.07) is 11.1. The molecule has 0 radical (unpaired) electrons. The van der Waals surface area contributed by atoms with Gasteiger partial charge in [-0.3, -0.25) is 4.79 Å². The Morgan fingerprint density at radius 1 is 1.20 bits per heavy atom. The van der Waals surface area contributed by atoms with Gasteiger partial charge in [0.05, 0.1) is 0 Å². The van der Waals surface area contributed by atoms with E-state index in [-0.39, 0.29) is 12.0 Å². The normalized spacial score (nSPS) is 33.6. The largest absolute Gasteiger partial charge is 0.339 e.